The summed E-state index contributed by atoms with van der Waals surface area (Å²) < 4.78 is 0. The van der Waals surface area contributed by atoms with Crippen molar-refractivity contribution in [2.75, 3.05) is 13.1 Å². The molecule has 0 aliphatic carbocycles. The minimum Gasteiger partial charge on any atom is -0.342 e. The van der Waals surface area contributed by atoms with E-state index < -0.39 is 0 Å². The number of carbonyl (C=O) groups excluding carboxylic acids is 1. The molecule has 0 aromatic carbocycles. The third-order valence-electron chi connectivity index (χ3n) is 5.74. The monoisotopic (exact) mass is 309 g/mol. The van der Waals surface area contributed by atoms with Crippen LogP contribution >= 0.6 is 0 Å². The molecule has 0 saturated carbocycles. The third-order valence-corrected chi connectivity index (χ3v) is 5.74. The van der Waals surface area contributed by atoms with Crippen LogP contribution in [0.2, 0.25) is 0 Å². The van der Waals surface area contributed by atoms with Gasteiger partial charge in [-0.25, -0.2) is 0 Å². The van der Waals surface area contributed by atoms with Gasteiger partial charge in [-0.05, 0) is 25.7 Å². The Morgan fingerprint density at radius 1 is 0.818 bits per heavy atom. The molecule has 1 heterocycles. The first-order valence-electron chi connectivity index (χ1n) is 9.99. The molecule has 0 spiro atoms. The Bertz CT molecular complexity index is 296. The summed E-state index contributed by atoms with van der Waals surface area (Å²) in [6, 6.07) is 0. The van der Waals surface area contributed by atoms with E-state index in [1.165, 1.54) is 64.2 Å². The maximum atomic E-state index is 12.5. The summed E-state index contributed by atoms with van der Waals surface area (Å²) in [5.41, 5.74) is -0.0154. The molecule has 0 N–H and O–H groups in total. The summed E-state index contributed by atoms with van der Waals surface area (Å²) in [5, 5.41) is 0. The van der Waals surface area contributed by atoms with Gasteiger partial charge in [0, 0.05) is 13.1 Å². The number of amides is 1. The Kier molecular flexibility index (Phi) is 9.82. The van der Waals surface area contributed by atoms with Crippen molar-refractivity contribution >= 4 is 5.91 Å². The first kappa shape index (κ1) is 19.5. The Labute approximate surface area is 139 Å². The van der Waals surface area contributed by atoms with Gasteiger partial charge >= 0.3 is 0 Å². The molecule has 0 aromatic rings. The highest BCUT2D eigenvalue weighted by molar-refractivity contribution is 5.84. The Morgan fingerprint density at radius 2 is 1.32 bits per heavy atom. The molecule has 0 radical (unpaired) electrons. The SMILES string of the molecule is CCCCCCCCCCCCN1CCC(CC)(CC)C1=O. The number of hydrogen-bond acceptors (Lipinski definition) is 1. The molecule has 0 atom stereocenters. The van der Waals surface area contributed by atoms with Crippen LogP contribution in [0.1, 0.15) is 104 Å². The predicted molar refractivity (Wildman–Crippen MR) is 96.1 cm³/mol. The van der Waals surface area contributed by atoms with Crippen molar-refractivity contribution in [1.29, 1.82) is 0 Å². The van der Waals surface area contributed by atoms with Crippen LogP contribution in [-0.4, -0.2) is 23.9 Å². The Hall–Kier alpha value is -0.530. The van der Waals surface area contributed by atoms with Crippen molar-refractivity contribution in [3.05, 3.63) is 0 Å². The summed E-state index contributed by atoms with van der Waals surface area (Å²) in [4.78, 5) is 14.6. The van der Waals surface area contributed by atoms with Crippen LogP contribution < -0.4 is 0 Å². The zero-order chi connectivity index (χ0) is 16.3. The van der Waals surface area contributed by atoms with E-state index in [1.807, 2.05) is 0 Å². The minimum absolute atomic E-state index is 0.0154. The lowest BCUT2D eigenvalue weighted by Gasteiger charge is -2.25. The van der Waals surface area contributed by atoms with Gasteiger partial charge in [0.05, 0.1) is 5.41 Å². The second-order valence-corrected chi connectivity index (χ2v) is 7.21. The number of carbonyl (C=O) groups is 1. The van der Waals surface area contributed by atoms with E-state index in [0.29, 0.717) is 5.91 Å². The molecule has 2 heteroatoms. The van der Waals surface area contributed by atoms with Crippen molar-refractivity contribution in [2.24, 2.45) is 5.41 Å². The highest BCUT2D eigenvalue weighted by Crippen LogP contribution is 2.38. The maximum Gasteiger partial charge on any atom is 0.228 e. The van der Waals surface area contributed by atoms with Crippen LogP contribution in [-0.2, 0) is 4.79 Å². The van der Waals surface area contributed by atoms with Crippen molar-refractivity contribution in [2.45, 2.75) is 104 Å². The molecular weight excluding hydrogens is 270 g/mol. The lowest BCUT2D eigenvalue weighted by molar-refractivity contribution is -0.136. The molecule has 22 heavy (non-hydrogen) atoms. The average molecular weight is 310 g/mol. The highest BCUT2D eigenvalue weighted by Gasteiger charge is 2.43. The summed E-state index contributed by atoms with van der Waals surface area (Å²) in [6.07, 6.45) is 16.7. The van der Waals surface area contributed by atoms with Gasteiger partial charge in [0.15, 0.2) is 0 Å². The average Bonchev–Trinajstić information content (AvgIpc) is 2.86. The second kappa shape index (κ2) is 11.1. The summed E-state index contributed by atoms with van der Waals surface area (Å²) >= 11 is 0. The first-order chi connectivity index (χ1) is 10.7. The lowest BCUT2D eigenvalue weighted by Crippen LogP contribution is -2.34. The van der Waals surface area contributed by atoms with E-state index in [2.05, 4.69) is 25.7 Å². The molecule has 2 nitrogen and oxygen atoms in total. The van der Waals surface area contributed by atoms with E-state index in [9.17, 15) is 4.79 Å². The number of rotatable bonds is 13. The largest absolute Gasteiger partial charge is 0.342 e. The number of hydrogen-bond donors (Lipinski definition) is 0. The second-order valence-electron chi connectivity index (χ2n) is 7.21. The van der Waals surface area contributed by atoms with E-state index >= 15 is 0 Å². The van der Waals surface area contributed by atoms with E-state index in [-0.39, 0.29) is 5.41 Å². The Morgan fingerprint density at radius 3 is 1.77 bits per heavy atom. The molecule has 1 aliphatic rings. The lowest BCUT2D eigenvalue weighted by atomic mass is 9.81. The first-order valence-corrected chi connectivity index (χ1v) is 9.99. The number of nitrogens with zero attached hydrogens (tertiary/aromatic N) is 1. The zero-order valence-corrected chi connectivity index (χ0v) is 15.5. The molecule has 1 fully saturated rings. The molecule has 0 bridgehead atoms. The third kappa shape index (κ3) is 5.93. The Balaban J connectivity index is 2.01. The van der Waals surface area contributed by atoms with E-state index in [1.54, 1.807) is 0 Å². The van der Waals surface area contributed by atoms with Crippen LogP contribution in [0.25, 0.3) is 0 Å². The van der Waals surface area contributed by atoms with E-state index in [0.717, 1.165) is 32.4 Å². The van der Waals surface area contributed by atoms with Crippen LogP contribution in [0.15, 0.2) is 0 Å². The van der Waals surface area contributed by atoms with Crippen molar-refractivity contribution in [3.8, 4) is 0 Å². The van der Waals surface area contributed by atoms with Crippen molar-refractivity contribution in [1.82, 2.24) is 4.90 Å². The van der Waals surface area contributed by atoms with Crippen molar-refractivity contribution < 1.29 is 4.79 Å². The topological polar surface area (TPSA) is 20.3 Å². The molecule has 1 rings (SSSR count). The molecule has 1 aliphatic heterocycles. The fraction of sp³-hybridized carbons (Fsp3) is 0.950. The fourth-order valence-corrected chi connectivity index (χ4v) is 3.80. The van der Waals surface area contributed by atoms with Gasteiger partial charge in [0.2, 0.25) is 5.91 Å². The molecule has 130 valence electrons. The summed E-state index contributed by atoms with van der Waals surface area (Å²) in [5.74, 6) is 0.438. The highest BCUT2D eigenvalue weighted by atomic mass is 16.2. The van der Waals surface area contributed by atoms with Crippen LogP contribution in [0.3, 0.4) is 0 Å². The van der Waals surface area contributed by atoms with Gasteiger partial charge in [-0.15, -0.1) is 0 Å². The number of unbranched alkanes of at least 4 members (excludes halogenated alkanes) is 9. The van der Waals surface area contributed by atoms with Gasteiger partial charge < -0.3 is 4.90 Å². The van der Waals surface area contributed by atoms with E-state index in [4.69, 9.17) is 0 Å². The quantitative estimate of drug-likeness (QED) is 0.385. The smallest absolute Gasteiger partial charge is 0.228 e. The van der Waals surface area contributed by atoms with Gasteiger partial charge in [-0.1, -0.05) is 78.6 Å². The molecule has 1 amide bonds. The summed E-state index contributed by atoms with van der Waals surface area (Å²) in [6.45, 7) is 8.61. The van der Waals surface area contributed by atoms with Crippen LogP contribution in [0, 0.1) is 5.41 Å². The van der Waals surface area contributed by atoms with Gasteiger partial charge in [0.25, 0.3) is 0 Å². The fourth-order valence-electron chi connectivity index (χ4n) is 3.80. The van der Waals surface area contributed by atoms with Crippen LogP contribution in [0.4, 0.5) is 0 Å². The summed E-state index contributed by atoms with van der Waals surface area (Å²) in [7, 11) is 0. The standard InChI is InChI=1S/C20H39NO/c1-4-7-8-9-10-11-12-13-14-15-17-21-18-16-20(5-2,6-3)19(21)22/h4-18H2,1-3H3. The molecule has 0 aromatic heterocycles. The van der Waals surface area contributed by atoms with Gasteiger partial charge in [-0.2, -0.15) is 0 Å². The van der Waals surface area contributed by atoms with Crippen LogP contribution in [0.5, 0.6) is 0 Å². The van der Waals surface area contributed by atoms with Gasteiger partial charge in [-0.3, -0.25) is 4.79 Å². The zero-order valence-electron chi connectivity index (χ0n) is 15.5. The minimum atomic E-state index is -0.0154. The van der Waals surface area contributed by atoms with Gasteiger partial charge in [0.1, 0.15) is 0 Å². The molecule has 0 unspecified atom stereocenters. The molecule has 1 saturated heterocycles. The maximum absolute atomic E-state index is 12.5. The van der Waals surface area contributed by atoms with Crippen molar-refractivity contribution in [3.63, 3.8) is 0 Å². The normalized spacial score (nSPS) is 17.4. The predicted octanol–water partition coefficient (Wildman–Crippen LogP) is 5.95. The molecular formula is C20H39NO. The number of likely N-dealkylation sites (tertiary alicyclic amines) is 1.